The van der Waals surface area contributed by atoms with Gasteiger partial charge in [-0.05, 0) is 11.5 Å². The Morgan fingerprint density at radius 3 is 2.36 bits per heavy atom. The lowest BCUT2D eigenvalue weighted by molar-refractivity contribution is -0.00986. The van der Waals surface area contributed by atoms with Gasteiger partial charge in [-0.3, -0.25) is 0 Å². The van der Waals surface area contributed by atoms with E-state index in [-0.39, 0.29) is 12.5 Å². The Balaban J connectivity index is 3.01. The lowest BCUT2D eigenvalue weighted by Gasteiger charge is -2.33. The first-order valence-electron chi connectivity index (χ1n) is 5.13. The lowest BCUT2D eigenvalue weighted by Crippen LogP contribution is -2.40. The molecule has 0 fully saturated rings. The molecule has 0 heterocycles. The van der Waals surface area contributed by atoms with Crippen molar-refractivity contribution in [2.75, 3.05) is 6.54 Å². The van der Waals surface area contributed by atoms with Crippen LogP contribution in [0.15, 0.2) is 30.3 Å². The fourth-order valence-electron chi connectivity index (χ4n) is 1.67. The van der Waals surface area contributed by atoms with Crippen molar-refractivity contribution in [3.05, 3.63) is 35.9 Å². The molecule has 2 unspecified atom stereocenters. The molecular weight excluding hydrogens is 174 g/mol. The standard InChI is InChI=1S/C12H19NO/c1-3-10(2)12(14,9-13)11-7-5-4-6-8-11/h4-8,10,14H,3,9,13H2,1-2H3. The van der Waals surface area contributed by atoms with Crippen molar-refractivity contribution in [2.45, 2.75) is 25.9 Å². The van der Waals surface area contributed by atoms with E-state index in [4.69, 9.17) is 5.73 Å². The summed E-state index contributed by atoms with van der Waals surface area (Å²) in [6.07, 6.45) is 0.919. The van der Waals surface area contributed by atoms with Crippen LogP contribution in [0.5, 0.6) is 0 Å². The van der Waals surface area contributed by atoms with Crippen LogP contribution in [0.25, 0.3) is 0 Å². The summed E-state index contributed by atoms with van der Waals surface area (Å²) in [7, 11) is 0. The number of aliphatic hydroxyl groups is 1. The molecule has 0 aromatic heterocycles. The smallest absolute Gasteiger partial charge is 0.104 e. The molecule has 0 saturated heterocycles. The third kappa shape index (κ3) is 1.97. The summed E-state index contributed by atoms with van der Waals surface area (Å²) >= 11 is 0. The quantitative estimate of drug-likeness (QED) is 0.767. The molecule has 1 aromatic rings. The molecule has 1 rings (SSSR count). The fourth-order valence-corrected chi connectivity index (χ4v) is 1.67. The maximum absolute atomic E-state index is 10.4. The van der Waals surface area contributed by atoms with Gasteiger partial charge in [-0.1, -0.05) is 50.6 Å². The Labute approximate surface area is 85.8 Å². The SMILES string of the molecule is CCC(C)C(O)(CN)c1ccccc1. The Morgan fingerprint density at radius 2 is 1.93 bits per heavy atom. The summed E-state index contributed by atoms with van der Waals surface area (Å²) in [6, 6.07) is 9.66. The summed E-state index contributed by atoms with van der Waals surface area (Å²) < 4.78 is 0. The molecule has 3 N–H and O–H groups in total. The molecule has 0 amide bonds. The summed E-state index contributed by atoms with van der Waals surface area (Å²) in [5, 5.41) is 10.4. The van der Waals surface area contributed by atoms with E-state index in [2.05, 4.69) is 6.92 Å². The molecule has 2 atom stereocenters. The molecule has 0 bridgehead atoms. The predicted molar refractivity (Wildman–Crippen MR) is 58.8 cm³/mol. The van der Waals surface area contributed by atoms with E-state index >= 15 is 0 Å². The van der Waals surface area contributed by atoms with Crippen molar-refractivity contribution < 1.29 is 5.11 Å². The van der Waals surface area contributed by atoms with E-state index in [1.807, 2.05) is 37.3 Å². The summed E-state index contributed by atoms with van der Waals surface area (Å²) in [5.41, 5.74) is 5.70. The molecule has 0 radical (unpaired) electrons. The minimum atomic E-state index is -0.879. The highest BCUT2D eigenvalue weighted by molar-refractivity contribution is 5.23. The second-order valence-electron chi connectivity index (χ2n) is 3.80. The van der Waals surface area contributed by atoms with Gasteiger partial charge in [-0.25, -0.2) is 0 Å². The normalized spacial score (nSPS) is 17.4. The number of rotatable bonds is 4. The fraction of sp³-hybridized carbons (Fsp3) is 0.500. The number of benzene rings is 1. The second-order valence-corrected chi connectivity index (χ2v) is 3.80. The van der Waals surface area contributed by atoms with Crippen molar-refractivity contribution in [1.82, 2.24) is 0 Å². The molecule has 0 aliphatic carbocycles. The first-order valence-corrected chi connectivity index (χ1v) is 5.13. The van der Waals surface area contributed by atoms with Gasteiger partial charge in [0.2, 0.25) is 0 Å². The van der Waals surface area contributed by atoms with Gasteiger partial charge in [-0.15, -0.1) is 0 Å². The molecule has 1 aromatic carbocycles. The van der Waals surface area contributed by atoms with Crippen LogP contribution in [-0.4, -0.2) is 11.7 Å². The van der Waals surface area contributed by atoms with Gasteiger partial charge in [0.05, 0.1) is 0 Å². The number of hydrogen-bond donors (Lipinski definition) is 2. The van der Waals surface area contributed by atoms with Crippen LogP contribution in [0, 0.1) is 5.92 Å². The second kappa shape index (κ2) is 4.58. The van der Waals surface area contributed by atoms with Gasteiger partial charge >= 0.3 is 0 Å². The average Bonchev–Trinajstić information content (AvgIpc) is 2.28. The average molecular weight is 193 g/mol. The molecule has 78 valence electrons. The summed E-state index contributed by atoms with van der Waals surface area (Å²) in [6.45, 7) is 4.36. The van der Waals surface area contributed by atoms with Gasteiger partial charge in [0.15, 0.2) is 0 Å². The zero-order valence-electron chi connectivity index (χ0n) is 8.90. The molecule has 0 spiro atoms. The Bertz CT molecular complexity index is 273. The maximum Gasteiger partial charge on any atom is 0.104 e. The van der Waals surface area contributed by atoms with Gasteiger partial charge < -0.3 is 10.8 Å². The van der Waals surface area contributed by atoms with Crippen LogP contribution in [0.3, 0.4) is 0 Å². The minimum absolute atomic E-state index is 0.176. The van der Waals surface area contributed by atoms with Gasteiger partial charge in [0.25, 0.3) is 0 Å². The van der Waals surface area contributed by atoms with Crippen molar-refractivity contribution in [3.63, 3.8) is 0 Å². The van der Waals surface area contributed by atoms with Gasteiger partial charge in [-0.2, -0.15) is 0 Å². The zero-order chi connectivity index (χ0) is 10.6. The van der Waals surface area contributed by atoms with Crippen LogP contribution in [0.4, 0.5) is 0 Å². The van der Waals surface area contributed by atoms with Gasteiger partial charge in [0.1, 0.15) is 5.60 Å². The van der Waals surface area contributed by atoms with Crippen LogP contribution >= 0.6 is 0 Å². The third-order valence-corrected chi connectivity index (χ3v) is 3.01. The molecule has 2 heteroatoms. The Hall–Kier alpha value is -0.860. The van der Waals surface area contributed by atoms with E-state index in [1.54, 1.807) is 0 Å². The minimum Gasteiger partial charge on any atom is -0.384 e. The van der Waals surface area contributed by atoms with Crippen molar-refractivity contribution >= 4 is 0 Å². The van der Waals surface area contributed by atoms with E-state index in [9.17, 15) is 5.11 Å². The highest BCUT2D eigenvalue weighted by Crippen LogP contribution is 2.30. The number of hydrogen-bond acceptors (Lipinski definition) is 2. The van der Waals surface area contributed by atoms with Crippen LogP contribution in [-0.2, 0) is 5.60 Å². The monoisotopic (exact) mass is 193 g/mol. The Morgan fingerprint density at radius 1 is 1.36 bits per heavy atom. The molecule has 14 heavy (non-hydrogen) atoms. The van der Waals surface area contributed by atoms with Crippen molar-refractivity contribution in [2.24, 2.45) is 11.7 Å². The van der Waals surface area contributed by atoms with Gasteiger partial charge in [0, 0.05) is 6.54 Å². The highest BCUT2D eigenvalue weighted by atomic mass is 16.3. The largest absolute Gasteiger partial charge is 0.384 e. The number of nitrogens with two attached hydrogens (primary N) is 1. The molecule has 2 nitrogen and oxygen atoms in total. The van der Waals surface area contributed by atoms with E-state index < -0.39 is 5.60 Å². The lowest BCUT2D eigenvalue weighted by atomic mass is 9.81. The molecule has 0 saturated carbocycles. The molecule has 0 aliphatic rings. The third-order valence-electron chi connectivity index (χ3n) is 3.01. The maximum atomic E-state index is 10.4. The first-order chi connectivity index (χ1) is 6.65. The zero-order valence-corrected chi connectivity index (χ0v) is 8.90. The first kappa shape index (κ1) is 11.2. The van der Waals surface area contributed by atoms with Crippen molar-refractivity contribution in [3.8, 4) is 0 Å². The van der Waals surface area contributed by atoms with Crippen LogP contribution < -0.4 is 5.73 Å². The molecular formula is C12H19NO. The topological polar surface area (TPSA) is 46.2 Å². The van der Waals surface area contributed by atoms with Crippen LogP contribution in [0.1, 0.15) is 25.8 Å². The van der Waals surface area contributed by atoms with Crippen LogP contribution in [0.2, 0.25) is 0 Å². The Kier molecular flexibility index (Phi) is 3.67. The summed E-state index contributed by atoms with van der Waals surface area (Å²) in [5.74, 6) is 0.176. The van der Waals surface area contributed by atoms with E-state index in [1.165, 1.54) is 0 Å². The predicted octanol–water partition coefficient (Wildman–Crippen LogP) is 1.88. The van der Waals surface area contributed by atoms with Crippen molar-refractivity contribution in [1.29, 1.82) is 0 Å². The van der Waals surface area contributed by atoms with E-state index in [0.29, 0.717) is 0 Å². The molecule has 0 aliphatic heterocycles. The highest BCUT2D eigenvalue weighted by Gasteiger charge is 2.32. The summed E-state index contributed by atoms with van der Waals surface area (Å²) in [4.78, 5) is 0. The van der Waals surface area contributed by atoms with E-state index in [0.717, 1.165) is 12.0 Å².